The summed E-state index contributed by atoms with van der Waals surface area (Å²) in [5.74, 6) is 0.895. The first-order valence-electron chi connectivity index (χ1n) is 6.28. The van der Waals surface area contributed by atoms with E-state index in [9.17, 15) is 4.79 Å². The zero-order chi connectivity index (χ0) is 13.2. The van der Waals surface area contributed by atoms with E-state index in [2.05, 4.69) is 0 Å². The Kier molecular flexibility index (Phi) is 3.26. The molecule has 0 bridgehead atoms. The van der Waals surface area contributed by atoms with E-state index in [1.165, 1.54) is 0 Å². The first-order valence-corrected chi connectivity index (χ1v) is 6.66. The first kappa shape index (κ1) is 12.2. The van der Waals surface area contributed by atoms with Gasteiger partial charge in [0.1, 0.15) is 12.0 Å². The van der Waals surface area contributed by atoms with Crippen molar-refractivity contribution in [3.8, 4) is 16.9 Å². The van der Waals surface area contributed by atoms with Crippen LogP contribution in [0.3, 0.4) is 0 Å². The number of ether oxygens (including phenoxy) is 1. The van der Waals surface area contributed by atoms with Crippen molar-refractivity contribution in [1.29, 1.82) is 0 Å². The molecule has 0 amide bonds. The summed E-state index contributed by atoms with van der Waals surface area (Å²) in [4.78, 5) is 10.7. The van der Waals surface area contributed by atoms with Gasteiger partial charge in [-0.3, -0.25) is 4.79 Å². The fraction of sp³-hybridized carbons (Fsp3) is 0.188. The molecule has 2 aromatic carbocycles. The molecule has 1 saturated carbocycles. The minimum atomic E-state index is 0.404. The highest BCUT2D eigenvalue weighted by molar-refractivity contribution is 6.33. The van der Waals surface area contributed by atoms with Crippen molar-refractivity contribution >= 4 is 17.9 Å². The van der Waals surface area contributed by atoms with E-state index >= 15 is 0 Å². The maximum atomic E-state index is 10.7. The molecule has 0 aliphatic heterocycles. The van der Waals surface area contributed by atoms with Crippen LogP contribution in [0, 0.1) is 0 Å². The molecule has 0 radical (unpaired) electrons. The van der Waals surface area contributed by atoms with Crippen LogP contribution in [0.25, 0.3) is 11.1 Å². The molecule has 0 heterocycles. The Labute approximate surface area is 117 Å². The average molecular weight is 273 g/mol. The van der Waals surface area contributed by atoms with Crippen LogP contribution < -0.4 is 4.74 Å². The summed E-state index contributed by atoms with van der Waals surface area (Å²) in [6, 6.07) is 13.2. The van der Waals surface area contributed by atoms with Gasteiger partial charge in [-0.2, -0.15) is 0 Å². The fourth-order valence-electron chi connectivity index (χ4n) is 1.93. The van der Waals surface area contributed by atoms with Crippen LogP contribution in [-0.2, 0) is 0 Å². The van der Waals surface area contributed by atoms with Crippen molar-refractivity contribution in [3.05, 3.63) is 53.1 Å². The maximum absolute atomic E-state index is 10.7. The topological polar surface area (TPSA) is 26.3 Å². The molecule has 0 atom stereocenters. The van der Waals surface area contributed by atoms with Crippen molar-refractivity contribution < 1.29 is 9.53 Å². The first-order chi connectivity index (χ1) is 9.26. The lowest BCUT2D eigenvalue weighted by Crippen LogP contribution is -1.95. The second kappa shape index (κ2) is 5.06. The molecule has 19 heavy (non-hydrogen) atoms. The third kappa shape index (κ3) is 2.79. The van der Waals surface area contributed by atoms with E-state index in [0.717, 1.165) is 36.0 Å². The van der Waals surface area contributed by atoms with Crippen molar-refractivity contribution in [2.24, 2.45) is 0 Å². The molecule has 1 fully saturated rings. The number of rotatable bonds is 4. The van der Waals surface area contributed by atoms with E-state index in [0.29, 0.717) is 16.7 Å². The molecule has 0 N–H and O–H groups in total. The number of carbonyl (C=O) groups is 1. The van der Waals surface area contributed by atoms with E-state index in [1.54, 1.807) is 12.1 Å². The lowest BCUT2D eigenvalue weighted by Gasteiger charge is -2.08. The SMILES string of the molecule is O=Cc1ccc(-c2ccc(OC3CC3)cc2)c(Cl)c1. The van der Waals surface area contributed by atoms with Gasteiger partial charge in [0.25, 0.3) is 0 Å². The Morgan fingerprint density at radius 3 is 2.42 bits per heavy atom. The van der Waals surface area contributed by atoms with Gasteiger partial charge in [0, 0.05) is 16.1 Å². The molecule has 0 aromatic heterocycles. The third-order valence-corrected chi connectivity index (χ3v) is 3.43. The van der Waals surface area contributed by atoms with Gasteiger partial charge >= 0.3 is 0 Å². The summed E-state index contributed by atoms with van der Waals surface area (Å²) in [7, 11) is 0. The maximum Gasteiger partial charge on any atom is 0.150 e. The normalized spacial score (nSPS) is 14.2. The number of aldehydes is 1. The Balaban J connectivity index is 1.86. The van der Waals surface area contributed by atoms with Gasteiger partial charge < -0.3 is 4.74 Å². The van der Waals surface area contributed by atoms with Gasteiger partial charge in [-0.25, -0.2) is 0 Å². The average Bonchev–Trinajstić information content (AvgIpc) is 3.24. The van der Waals surface area contributed by atoms with Gasteiger partial charge in [0.15, 0.2) is 0 Å². The molecule has 3 heteroatoms. The molecule has 1 aliphatic rings. The van der Waals surface area contributed by atoms with Crippen LogP contribution in [-0.4, -0.2) is 12.4 Å². The van der Waals surface area contributed by atoms with Crippen LogP contribution in [0.15, 0.2) is 42.5 Å². The number of hydrogen-bond donors (Lipinski definition) is 0. The number of halogens is 1. The van der Waals surface area contributed by atoms with Crippen LogP contribution in [0.2, 0.25) is 5.02 Å². The summed E-state index contributed by atoms with van der Waals surface area (Å²) in [6.45, 7) is 0. The fourth-order valence-corrected chi connectivity index (χ4v) is 2.23. The highest BCUT2D eigenvalue weighted by Crippen LogP contribution is 2.31. The van der Waals surface area contributed by atoms with Crippen LogP contribution in [0.5, 0.6) is 5.75 Å². The second-order valence-electron chi connectivity index (χ2n) is 4.70. The molecular weight excluding hydrogens is 260 g/mol. The Bertz CT molecular complexity index is 601. The van der Waals surface area contributed by atoms with Gasteiger partial charge in [0.2, 0.25) is 0 Å². The smallest absolute Gasteiger partial charge is 0.150 e. The monoisotopic (exact) mass is 272 g/mol. The zero-order valence-electron chi connectivity index (χ0n) is 10.3. The molecule has 3 rings (SSSR count). The number of hydrogen-bond acceptors (Lipinski definition) is 2. The molecule has 2 aromatic rings. The quantitative estimate of drug-likeness (QED) is 0.773. The molecule has 1 aliphatic carbocycles. The highest BCUT2D eigenvalue weighted by atomic mass is 35.5. The number of benzene rings is 2. The third-order valence-electron chi connectivity index (χ3n) is 3.12. The van der Waals surface area contributed by atoms with Gasteiger partial charge in [-0.15, -0.1) is 0 Å². The van der Waals surface area contributed by atoms with Gasteiger partial charge in [-0.1, -0.05) is 35.9 Å². The molecule has 96 valence electrons. The Hall–Kier alpha value is -1.80. The summed E-state index contributed by atoms with van der Waals surface area (Å²) < 4.78 is 5.70. The summed E-state index contributed by atoms with van der Waals surface area (Å²) in [5, 5.41) is 0.584. The number of carbonyl (C=O) groups excluding carboxylic acids is 1. The van der Waals surface area contributed by atoms with Crippen molar-refractivity contribution in [3.63, 3.8) is 0 Å². The minimum absolute atomic E-state index is 0.404. The Morgan fingerprint density at radius 1 is 1.11 bits per heavy atom. The van der Waals surface area contributed by atoms with Gasteiger partial charge in [-0.05, 0) is 36.6 Å². The van der Waals surface area contributed by atoms with E-state index in [-0.39, 0.29) is 0 Å². The molecule has 0 spiro atoms. The van der Waals surface area contributed by atoms with Gasteiger partial charge in [0.05, 0.1) is 6.10 Å². The highest BCUT2D eigenvalue weighted by Gasteiger charge is 2.23. The van der Waals surface area contributed by atoms with Crippen LogP contribution in [0.4, 0.5) is 0 Å². The zero-order valence-corrected chi connectivity index (χ0v) is 11.1. The van der Waals surface area contributed by atoms with Crippen LogP contribution in [0.1, 0.15) is 23.2 Å². The molecular formula is C16H13ClO2. The van der Waals surface area contributed by atoms with E-state index in [4.69, 9.17) is 16.3 Å². The van der Waals surface area contributed by atoms with Crippen LogP contribution >= 0.6 is 11.6 Å². The largest absolute Gasteiger partial charge is 0.490 e. The summed E-state index contributed by atoms with van der Waals surface area (Å²) in [6.07, 6.45) is 3.50. The summed E-state index contributed by atoms with van der Waals surface area (Å²) >= 11 is 6.19. The Morgan fingerprint density at radius 2 is 1.84 bits per heavy atom. The predicted molar refractivity (Wildman–Crippen MR) is 75.9 cm³/mol. The minimum Gasteiger partial charge on any atom is -0.490 e. The van der Waals surface area contributed by atoms with Crippen molar-refractivity contribution in [2.75, 3.05) is 0 Å². The standard InChI is InChI=1S/C16H13ClO2/c17-16-9-11(10-18)1-8-15(16)12-2-4-13(5-3-12)19-14-6-7-14/h1-5,8-10,14H,6-7H2. The van der Waals surface area contributed by atoms with Crippen molar-refractivity contribution in [1.82, 2.24) is 0 Å². The molecule has 0 unspecified atom stereocenters. The lowest BCUT2D eigenvalue weighted by molar-refractivity contribution is 0.112. The second-order valence-corrected chi connectivity index (χ2v) is 5.11. The lowest BCUT2D eigenvalue weighted by atomic mass is 10.0. The molecule has 0 saturated heterocycles. The van der Waals surface area contributed by atoms with E-state index in [1.807, 2.05) is 30.3 Å². The van der Waals surface area contributed by atoms with E-state index < -0.39 is 0 Å². The molecule has 2 nitrogen and oxygen atoms in total. The summed E-state index contributed by atoms with van der Waals surface area (Å²) in [5.41, 5.74) is 2.53. The van der Waals surface area contributed by atoms with Crippen molar-refractivity contribution in [2.45, 2.75) is 18.9 Å². The predicted octanol–water partition coefficient (Wildman–Crippen LogP) is 4.36.